The third-order valence-corrected chi connectivity index (χ3v) is 4.95. The molecule has 27 heavy (non-hydrogen) atoms. The van der Waals surface area contributed by atoms with E-state index in [2.05, 4.69) is 34.6 Å². The van der Waals surface area contributed by atoms with E-state index in [-0.39, 0.29) is 6.03 Å². The first-order valence-corrected chi connectivity index (χ1v) is 9.69. The van der Waals surface area contributed by atoms with Crippen LogP contribution in [0.3, 0.4) is 0 Å². The number of nitrogens with zero attached hydrogens (tertiary/aromatic N) is 1. The number of hydrogen-bond donors (Lipinski definition) is 2. The number of benzene rings is 2. The van der Waals surface area contributed by atoms with Crippen LogP contribution >= 0.6 is 0 Å². The van der Waals surface area contributed by atoms with Crippen LogP contribution in [0.5, 0.6) is 5.75 Å². The molecule has 0 aliphatic carbocycles. The highest BCUT2D eigenvalue weighted by Gasteiger charge is 2.15. The molecule has 1 fully saturated rings. The molecular weight excluding hydrogens is 338 g/mol. The summed E-state index contributed by atoms with van der Waals surface area (Å²) in [6.07, 6.45) is 2.49. The summed E-state index contributed by atoms with van der Waals surface area (Å²) in [6.45, 7) is 7.45. The molecular formula is C22H29N3O2. The fraction of sp³-hybridized carbons (Fsp3) is 0.409. The first-order chi connectivity index (χ1) is 13.1. The van der Waals surface area contributed by atoms with Crippen molar-refractivity contribution < 1.29 is 9.53 Å². The van der Waals surface area contributed by atoms with Crippen molar-refractivity contribution in [2.45, 2.75) is 26.7 Å². The van der Waals surface area contributed by atoms with Crippen molar-refractivity contribution in [3.8, 4) is 5.75 Å². The zero-order valence-corrected chi connectivity index (χ0v) is 16.2. The highest BCUT2D eigenvalue weighted by Crippen LogP contribution is 2.24. The molecule has 0 saturated carbocycles. The van der Waals surface area contributed by atoms with Crippen LogP contribution in [0, 0.1) is 12.8 Å². The molecule has 2 amide bonds. The maximum Gasteiger partial charge on any atom is 0.319 e. The molecule has 0 unspecified atom stereocenters. The molecule has 1 saturated heterocycles. The van der Waals surface area contributed by atoms with Crippen molar-refractivity contribution in [3.05, 3.63) is 54.1 Å². The lowest BCUT2D eigenvalue weighted by atomic mass is 9.99. The third kappa shape index (κ3) is 5.91. The Kier molecular flexibility index (Phi) is 6.58. The molecule has 1 aliphatic heterocycles. The van der Waals surface area contributed by atoms with Crippen molar-refractivity contribution in [2.75, 3.05) is 36.5 Å². The molecule has 5 heteroatoms. The topological polar surface area (TPSA) is 53.6 Å². The number of nitrogens with one attached hydrogen (secondary N) is 2. The normalized spacial score (nSPS) is 14.7. The van der Waals surface area contributed by atoms with E-state index in [1.165, 1.54) is 24.1 Å². The lowest BCUT2D eigenvalue weighted by molar-refractivity contribution is 0.247. The number of aryl methyl sites for hydroxylation is 1. The number of hydrogen-bond acceptors (Lipinski definition) is 3. The van der Waals surface area contributed by atoms with Crippen LogP contribution < -0.4 is 20.3 Å². The summed E-state index contributed by atoms with van der Waals surface area (Å²) in [6, 6.07) is 15.7. The second-order valence-corrected chi connectivity index (χ2v) is 7.26. The second kappa shape index (κ2) is 9.31. The molecule has 2 aromatic rings. The Morgan fingerprint density at radius 3 is 2.41 bits per heavy atom. The summed E-state index contributed by atoms with van der Waals surface area (Å²) >= 11 is 0. The number of anilines is 2. The Hall–Kier alpha value is -2.69. The minimum atomic E-state index is -0.220. The first kappa shape index (κ1) is 19.1. The molecule has 0 bridgehead atoms. The van der Waals surface area contributed by atoms with Gasteiger partial charge in [0.05, 0.1) is 6.54 Å². The van der Waals surface area contributed by atoms with Gasteiger partial charge in [-0.1, -0.05) is 24.6 Å². The van der Waals surface area contributed by atoms with Crippen molar-refractivity contribution >= 4 is 17.4 Å². The van der Waals surface area contributed by atoms with Gasteiger partial charge < -0.3 is 20.3 Å². The molecule has 144 valence electrons. The molecule has 1 aliphatic rings. The monoisotopic (exact) mass is 367 g/mol. The number of rotatable bonds is 6. The van der Waals surface area contributed by atoms with E-state index in [9.17, 15) is 4.79 Å². The molecule has 0 atom stereocenters. The lowest BCUT2D eigenvalue weighted by Gasteiger charge is -2.32. The Morgan fingerprint density at radius 1 is 1.07 bits per heavy atom. The number of urea groups is 1. The summed E-state index contributed by atoms with van der Waals surface area (Å²) in [5.74, 6) is 1.63. The summed E-state index contributed by atoms with van der Waals surface area (Å²) in [5, 5.41) is 5.67. The van der Waals surface area contributed by atoms with E-state index in [0.29, 0.717) is 13.2 Å². The number of carbonyl (C=O) groups is 1. The van der Waals surface area contributed by atoms with Crippen LogP contribution in [-0.2, 0) is 0 Å². The number of carbonyl (C=O) groups excluding carboxylic acids is 1. The van der Waals surface area contributed by atoms with Gasteiger partial charge in [-0.25, -0.2) is 4.79 Å². The minimum Gasteiger partial charge on any atom is -0.492 e. The zero-order valence-electron chi connectivity index (χ0n) is 16.2. The predicted molar refractivity (Wildman–Crippen MR) is 111 cm³/mol. The van der Waals surface area contributed by atoms with Gasteiger partial charge >= 0.3 is 6.03 Å². The van der Waals surface area contributed by atoms with Crippen LogP contribution in [0.25, 0.3) is 0 Å². The SMILES string of the molecule is Cc1ccc(OCCNC(=O)Nc2ccc(N3CCC(C)CC3)cc2)cc1. The first-order valence-electron chi connectivity index (χ1n) is 9.69. The van der Waals surface area contributed by atoms with Gasteiger partial charge in [0.2, 0.25) is 0 Å². The lowest BCUT2D eigenvalue weighted by Crippen LogP contribution is -2.33. The van der Waals surface area contributed by atoms with Gasteiger partial charge in [-0.15, -0.1) is 0 Å². The van der Waals surface area contributed by atoms with Gasteiger partial charge in [0.25, 0.3) is 0 Å². The van der Waals surface area contributed by atoms with Crippen LogP contribution in [0.2, 0.25) is 0 Å². The standard InChI is InChI=1S/C22H29N3O2/c1-17-3-9-21(10-4-17)27-16-13-23-22(26)24-19-5-7-20(8-6-19)25-14-11-18(2)12-15-25/h3-10,18H,11-16H2,1-2H3,(H2,23,24,26). The Morgan fingerprint density at radius 2 is 1.74 bits per heavy atom. The smallest absolute Gasteiger partial charge is 0.319 e. The molecule has 0 spiro atoms. The van der Waals surface area contributed by atoms with E-state index in [4.69, 9.17) is 4.74 Å². The predicted octanol–water partition coefficient (Wildman–Crippen LogP) is 4.43. The second-order valence-electron chi connectivity index (χ2n) is 7.26. The molecule has 0 radical (unpaired) electrons. The minimum absolute atomic E-state index is 0.220. The van der Waals surface area contributed by atoms with Crippen molar-refractivity contribution in [1.82, 2.24) is 5.32 Å². The van der Waals surface area contributed by atoms with Gasteiger partial charge in [-0.2, -0.15) is 0 Å². The number of amides is 2. The van der Waals surface area contributed by atoms with E-state index in [1.807, 2.05) is 43.3 Å². The number of piperidine rings is 1. The maximum atomic E-state index is 12.0. The van der Waals surface area contributed by atoms with Gasteiger partial charge in [-0.3, -0.25) is 0 Å². The van der Waals surface area contributed by atoms with Gasteiger partial charge in [-0.05, 0) is 62.1 Å². The van der Waals surface area contributed by atoms with Gasteiger partial charge in [0, 0.05) is 24.5 Å². The van der Waals surface area contributed by atoms with E-state index in [1.54, 1.807) is 0 Å². The van der Waals surface area contributed by atoms with Gasteiger partial charge in [0.1, 0.15) is 12.4 Å². The fourth-order valence-corrected chi connectivity index (χ4v) is 3.17. The van der Waals surface area contributed by atoms with E-state index < -0.39 is 0 Å². The van der Waals surface area contributed by atoms with Crippen molar-refractivity contribution in [3.63, 3.8) is 0 Å². The summed E-state index contributed by atoms with van der Waals surface area (Å²) < 4.78 is 5.60. The summed E-state index contributed by atoms with van der Waals surface area (Å²) in [7, 11) is 0. The van der Waals surface area contributed by atoms with Crippen LogP contribution in [-0.4, -0.2) is 32.3 Å². The summed E-state index contributed by atoms with van der Waals surface area (Å²) in [4.78, 5) is 14.4. The van der Waals surface area contributed by atoms with Crippen molar-refractivity contribution in [1.29, 1.82) is 0 Å². The highest BCUT2D eigenvalue weighted by atomic mass is 16.5. The molecule has 5 nitrogen and oxygen atoms in total. The highest BCUT2D eigenvalue weighted by molar-refractivity contribution is 5.89. The van der Waals surface area contributed by atoms with Crippen LogP contribution in [0.15, 0.2) is 48.5 Å². The van der Waals surface area contributed by atoms with Crippen molar-refractivity contribution in [2.24, 2.45) is 5.92 Å². The van der Waals surface area contributed by atoms with E-state index >= 15 is 0 Å². The average Bonchev–Trinajstić information content (AvgIpc) is 2.68. The third-order valence-electron chi connectivity index (χ3n) is 4.95. The fourth-order valence-electron chi connectivity index (χ4n) is 3.17. The molecule has 3 rings (SSSR count). The largest absolute Gasteiger partial charge is 0.492 e. The Bertz CT molecular complexity index is 720. The molecule has 0 aromatic heterocycles. The Labute approximate surface area is 161 Å². The molecule has 2 aromatic carbocycles. The molecule has 1 heterocycles. The van der Waals surface area contributed by atoms with E-state index in [0.717, 1.165) is 30.4 Å². The average molecular weight is 367 g/mol. The van der Waals surface area contributed by atoms with Gasteiger partial charge in [0.15, 0.2) is 0 Å². The molecule has 2 N–H and O–H groups in total. The summed E-state index contributed by atoms with van der Waals surface area (Å²) in [5.41, 5.74) is 3.21. The number of ether oxygens (including phenoxy) is 1. The zero-order chi connectivity index (χ0) is 19.1. The quantitative estimate of drug-likeness (QED) is 0.743. The van der Waals surface area contributed by atoms with Crippen LogP contribution in [0.1, 0.15) is 25.3 Å². The van der Waals surface area contributed by atoms with Crippen LogP contribution in [0.4, 0.5) is 16.2 Å². The maximum absolute atomic E-state index is 12.0. The Balaban J connectivity index is 1.38.